The van der Waals surface area contributed by atoms with E-state index in [-0.39, 0.29) is 24.0 Å². The van der Waals surface area contributed by atoms with Crippen molar-refractivity contribution < 1.29 is 4.74 Å². The summed E-state index contributed by atoms with van der Waals surface area (Å²) in [6, 6.07) is 0.621. The van der Waals surface area contributed by atoms with Gasteiger partial charge >= 0.3 is 0 Å². The maximum absolute atomic E-state index is 5.40. The van der Waals surface area contributed by atoms with E-state index < -0.39 is 0 Å². The van der Waals surface area contributed by atoms with Crippen LogP contribution in [-0.2, 0) is 4.74 Å². The van der Waals surface area contributed by atoms with Crippen LogP contribution in [0.2, 0.25) is 0 Å². The molecule has 2 saturated heterocycles. The lowest BCUT2D eigenvalue weighted by atomic mass is 9.93. The first-order chi connectivity index (χ1) is 12.3. The fourth-order valence-electron chi connectivity index (χ4n) is 4.08. The highest BCUT2D eigenvalue weighted by Crippen LogP contribution is 2.22. The average molecular weight is 481 g/mol. The third-order valence-corrected chi connectivity index (χ3v) is 5.73. The molecule has 0 spiro atoms. The van der Waals surface area contributed by atoms with Gasteiger partial charge in [-0.25, -0.2) is 0 Å². The lowest BCUT2D eigenvalue weighted by Crippen LogP contribution is -2.50. The Morgan fingerprint density at radius 1 is 1.04 bits per heavy atom. The first kappa shape index (κ1) is 23.9. The van der Waals surface area contributed by atoms with Crippen molar-refractivity contribution in [1.29, 1.82) is 0 Å². The van der Waals surface area contributed by atoms with Crippen LogP contribution in [0.1, 0.15) is 39.5 Å². The molecule has 26 heavy (non-hydrogen) atoms. The third-order valence-electron chi connectivity index (χ3n) is 5.73. The molecule has 0 bridgehead atoms. The summed E-state index contributed by atoms with van der Waals surface area (Å²) in [5.41, 5.74) is 0. The average Bonchev–Trinajstić information content (AvgIpc) is 3.18. The maximum atomic E-state index is 5.40. The predicted molar refractivity (Wildman–Crippen MR) is 121 cm³/mol. The van der Waals surface area contributed by atoms with Crippen LogP contribution in [-0.4, -0.2) is 87.9 Å². The molecule has 0 aromatic rings. The molecule has 1 unspecified atom stereocenters. The number of hydrogen-bond acceptors (Lipinski definition) is 4. The molecule has 0 saturated carbocycles. The lowest BCUT2D eigenvalue weighted by molar-refractivity contribution is 0.0389. The topological polar surface area (TPSA) is 52.1 Å². The zero-order valence-corrected chi connectivity index (χ0v) is 19.3. The standard InChI is InChI=1S/C19H39N5O.HI/c1-4-17(5-2)18(24-9-6-7-10-24)16-22-19(20-3)21-8-11-23-12-14-25-15-13-23;/h17-18H,4-16H2,1-3H3,(H2,20,21,22);1H. The first-order valence-electron chi connectivity index (χ1n) is 10.3. The molecule has 2 fully saturated rings. The van der Waals surface area contributed by atoms with E-state index in [9.17, 15) is 0 Å². The van der Waals surface area contributed by atoms with E-state index in [1.807, 2.05) is 7.05 Å². The molecule has 6 nitrogen and oxygen atoms in total. The summed E-state index contributed by atoms with van der Waals surface area (Å²) in [4.78, 5) is 9.54. The maximum Gasteiger partial charge on any atom is 0.191 e. The summed E-state index contributed by atoms with van der Waals surface area (Å²) in [7, 11) is 1.87. The number of guanidine groups is 1. The van der Waals surface area contributed by atoms with Crippen LogP contribution >= 0.6 is 24.0 Å². The summed E-state index contributed by atoms with van der Waals surface area (Å²) in [6.45, 7) is 13.9. The SMILES string of the molecule is CCC(CC)C(CNC(=NC)NCCN1CCOCC1)N1CCCC1.I. The normalized spacial score (nSPS) is 20.8. The quantitative estimate of drug-likeness (QED) is 0.300. The molecule has 2 N–H and O–H groups in total. The largest absolute Gasteiger partial charge is 0.379 e. The van der Waals surface area contributed by atoms with Crippen LogP contribution < -0.4 is 10.6 Å². The lowest BCUT2D eigenvalue weighted by Gasteiger charge is -2.34. The number of rotatable bonds is 9. The molecule has 2 rings (SSSR count). The van der Waals surface area contributed by atoms with Gasteiger partial charge in [-0.1, -0.05) is 26.7 Å². The molecule has 2 aliphatic rings. The molecule has 154 valence electrons. The van der Waals surface area contributed by atoms with Crippen LogP contribution in [0.5, 0.6) is 0 Å². The van der Waals surface area contributed by atoms with E-state index in [4.69, 9.17) is 4.74 Å². The second-order valence-corrected chi connectivity index (χ2v) is 7.22. The van der Waals surface area contributed by atoms with Gasteiger partial charge in [0.2, 0.25) is 0 Å². The van der Waals surface area contributed by atoms with Crippen molar-refractivity contribution in [2.24, 2.45) is 10.9 Å². The molecule has 7 heteroatoms. The first-order valence-corrected chi connectivity index (χ1v) is 10.3. The van der Waals surface area contributed by atoms with Crippen LogP contribution in [0.4, 0.5) is 0 Å². The van der Waals surface area contributed by atoms with Crippen molar-refractivity contribution in [3.8, 4) is 0 Å². The van der Waals surface area contributed by atoms with E-state index in [1.165, 1.54) is 38.8 Å². The van der Waals surface area contributed by atoms with E-state index in [0.29, 0.717) is 6.04 Å². The van der Waals surface area contributed by atoms with Crippen molar-refractivity contribution >= 4 is 29.9 Å². The van der Waals surface area contributed by atoms with E-state index in [0.717, 1.165) is 57.8 Å². The summed E-state index contributed by atoms with van der Waals surface area (Å²) < 4.78 is 5.40. The van der Waals surface area contributed by atoms with Gasteiger partial charge in [0.25, 0.3) is 0 Å². The highest BCUT2D eigenvalue weighted by atomic mass is 127. The Bertz CT molecular complexity index is 378. The Balaban J connectivity index is 0.00000338. The van der Waals surface area contributed by atoms with Crippen molar-refractivity contribution in [3.05, 3.63) is 0 Å². The van der Waals surface area contributed by atoms with Crippen molar-refractivity contribution in [1.82, 2.24) is 20.4 Å². The number of likely N-dealkylation sites (tertiary alicyclic amines) is 1. The van der Waals surface area contributed by atoms with Gasteiger partial charge in [-0.3, -0.25) is 14.8 Å². The predicted octanol–water partition coefficient (Wildman–Crippen LogP) is 2.00. The zero-order chi connectivity index (χ0) is 17.9. The monoisotopic (exact) mass is 481 g/mol. The van der Waals surface area contributed by atoms with Crippen LogP contribution in [0, 0.1) is 5.92 Å². The van der Waals surface area contributed by atoms with Crippen molar-refractivity contribution in [2.75, 3.05) is 66.1 Å². The summed E-state index contributed by atoms with van der Waals surface area (Å²) in [6.07, 6.45) is 5.21. The van der Waals surface area contributed by atoms with E-state index >= 15 is 0 Å². The number of aliphatic imine (C=N–C) groups is 1. The summed E-state index contributed by atoms with van der Waals surface area (Å²) >= 11 is 0. The zero-order valence-electron chi connectivity index (χ0n) is 17.0. The number of nitrogens with zero attached hydrogens (tertiary/aromatic N) is 3. The molecule has 2 heterocycles. The molecule has 0 aliphatic carbocycles. The van der Waals surface area contributed by atoms with Crippen molar-refractivity contribution in [3.63, 3.8) is 0 Å². The van der Waals surface area contributed by atoms with Gasteiger partial charge in [0, 0.05) is 45.8 Å². The number of nitrogens with one attached hydrogen (secondary N) is 2. The van der Waals surface area contributed by atoms with Gasteiger partial charge in [0.05, 0.1) is 13.2 Å². The highest BCUT2D eigenvalue weighted by Gasteiger charge is 2.27. The Morgan fingerprint density at radius 3 is 2.27 bits per heavy atom. The molecule has 0 aromatic heterocycles. The van der Waals surface area contributed by atoms with Crippen molar-refractivity contribution in [2.45, 2.75) is 45.6 Å². The highest BCUT2D eigenvalue weighted by molar-refractivity contribution is 14.0. The molecule has 0 radical (unpaired) electrons. The minimum Gasteiger partial charge on any atom is -0.379 e. The Morgan fingerprint density at radius 2 is 1.69 bits per heavy atom. The Kier molecular flexibility index (Phi) is 12.8. The number of hydrogen-bond donors (Lipinski definition) is 2. The second-order valence-electron chi connectivity index (χ2n) is 7.22. The molecule has 1 atom stereocenters. The minimum atomic E-state index is 0. The Hall–Kier alpha value is -0.120. The van der Waals surface area contributed by atoms with E-state index in [1.54, 1.807) is 0 Å². The van der Waals surface area contributed by atoms with Crippen LogP contribution in [0.15, 0.2) is 4.99 Å². The smallest absolute Gasteiger partial charge is 0.191 e. The minimum absolute atomic E-state index is 0. The molecule has 0 aromatic carbocycles. The summed E-state index contributed by atoms with van der Waals surface area (Å²) in [5.74, 6) is 1.69. The third kappa shape index (κ3) is 7.86. The van der Waals surface area contributed by atoms with Gasteiger partial charge in [-0.15, -0.1) is 24.0 Å². The summed E-state index contributed by atoms with van der Waals surface area (Å²) in [5, 5.41) is 7.06. The fraction of sp³-hybridized carbons (Fsp3) is 0.947. The second kappa shape index (κ2) is 14.0. The van der Waals surface area contributed by atoms with Gasteiger partial charge in [-0.2, -0.15) is 0 Å². The number of morpholine rings is 1. The number of halogens is 1. The Labute approximate surface area is 177 Å². The fourth-order valence-corrected chi connectivity index (χ4v) is 4.08. The molecule has 2 aliphatic heterocycles. The van der Waals surface area contributed by atoms with Gasteiger partial charge in [0.15, 0.2) is 5.96 Å². The molecular formula is C19H40IN5O. The van der Waals surface area contributed by atoms with Gasteiger partial charge in [0.1, 0.15) is 0 Å². The molecular weight excluding hydrogens is 441 g/mol. The van der Waals surface area contributed by atoms with Crippen LogP contribution in [0.25, 0.3) is 0 Å². The van der Waals surface area contributed by atoms with Gasteiger partial charge in [-0.05, 0) is 31.8 Å². The molecule has 0 amide bonds. The van der Waals surface area contributed by atoms with E-state index in [2.05, 4.69) is 39.3 Å². The van der Waals surface area contributed by atoms with Gasteiger partial charge < -0.3 is 15.4 Å². The van der Waals surface area contributed by atoms with Crippen LogP contribution in [0.3, 0.4) is 0 Å². The number of ether oxygens (including phenoxy) is 1.